The van der Waals surface area contributed by atoms with E-state index in [1.54, 1.807) is 24.3 Å². The number of nitrogens with one attached hydrogen (secondary N) is 1. The lowest BCUT2D eigenvalue weighted by atomic mass is 10.2. The Hall–Kier alpha value is -2.74. The molecule has 132 valence electrons. The number of alkyl halides is 3. The van der Waals surface area contributed by atoms with Gasteiger partial charge in [-0.15, -0.1) is 13.2 Å². The number of halogens is 4. The van der Waals surface area contributed by atoms with Gasteiger partial charge in [0.1, 0.15) is 5.75 Å². The molecule has 5 nitrogen and oxygen atoms in total. The van der Waals surface area contributed by atoms with Gasteiger partial charge >= 0.3 is 6.36 Å². The maximum Gasteiger partial charge on any atom is 0.573 e. The summed E-state index contributed by atoms with van der Waals surface area (Å²) in [5.41, 5.74) is 1.04. The van der Waals surface area contributed by atoms with Crippen molar-refractivity contribution in [2.45, 2.75) is 6.36 Å². The lowest BCUT2D eigenvalue weighted by molar-refractivity contribution is -0.274. The molecule has 0 bridgehead atoms. The van der Waals surface area contributed by atoms with Crippen LogP contribution in [0.5, 0.6) is 5.75 Å². The Labute approximate surface area is 146 Å². The van der Waals surface area contributed by atoms with Crippen molar-refractivity contribution in [1.82, 2.24) is 0 Å². The SMILES string of the molecule is O=C(CO/N=C/c1ccc(Cl)cc1)Nc1ccc(OC(F)(F)F)cc1. The van der Waals surface area contributed by atoms with Crippen LogP contribution in [0.2, 0.25) is 5.02 Å². The van der Waals surface area contributed by atoms with Crippen molar-refractivity contribution in [1.29, 1.82) is 0 Å². The van der Waals surface area contributed by atoms with Crippen molar-refractivity contribution in [2.24, 2.45) is 5.16 Å². The Balaban J connectivity index is 1.77. The van der Waals surface area contributed by atoms with Crippen molar-refractivity contribution in [3.05, 3.63) is 59.1 Å². The first kappa shape index (κ1) is 18.6. The zero-order valence-corrected chi connectivity index (χ0v) is 13.3. The fourth-order valence-corrected chi connectivity index (χ4v) is 1.81. The van der Waals surface area contributed by atoms with Gasteiger partial charge in [0, 0.05) is 10.7 Å². The van der Waals surface area contributed by atoms with Gasteiger partial charge in [0.15, 0.2) is 6.61 Å². The van der Waals surface area contributed by atoms with Crippen LogP contribution in [0.25, 0.3) is 0 Å². The summed E-state index contributed by atoms with van der Waals surface area (Å²) < 4.78 is 39.8. The summed E-state index contributed by atoms with van der Waals surface area (Å²) in [4.78, 5) is 16.5. The van der Waals surface area contributed by atoms with E-state index < -0.39 is 12.3 Å². The highest BCUT2D eigenvalue weighted by Gasteiger charge is 2.30. The minimum atomic E-state index is -4.76. The first-order valence-electron chi connectivity index (χ1n) is 6.88. The van der Waals surface area contributed by atoms with Gasteiger partial charge in [0.25, 0.3) is 5.91 Å². The molecular formula is C16H12ClF3N2O3. The molecule has 0 radical (unpaired) electrons. The maximum absolute atomic E-state index is 12.0. The summed E-state index contributed by atoms with van der Waals surface area (Å²) in [5.74, 6) is -0.896. The van der Waals surface area contributed by atoms with Crippen LogP contribution in [0, 0.1) is 0 Å². The molecule has 0 spiro atoms. The average molecular weight is 373 g/mol. The molecule has 2 rings (SSSR count). The van der Waals surface area contributed by atoms with E-state index in [9.17, 15) is 18.0 Å². The van der Waals surface area contributed by atoms with E-state index in [1.165, 1.54) is 18.3 Å². The lowest BCUT2D eigenvalue weighted by Crippen LogP contribution is -2.18. The number of ether oxygens (including phenoxy) is 1. The van der Waals surface area contributed by atoms with E-state index in [-0.39, 0.29) is 12.4 Å². The molecule has 1 N–H and O–H groups in total. The van der Waals surface area contributed by atoms with Crippen molar-refractivity contribution in [2.75, 3.05) is 11.9 Å². The molecule has 0 aliphatic carbocycles. The fraction of sp³-hybridized carbons (Fsp3) is 0.125. The van der Waals surface area contributed by atoms with Crippen LogP contribution < -0.4 is 10.1 Å². The second-order valence-corrected chi connectivity index (χ2v) is 5.12. The number of carbonyl (C=O) groups is 1. The first-order chi connectivity index (χ1) is 11.8. The fourth-order valence-electron chi connectivity index (χ4n) is 1.68. The molecule has 0 saturated carbocycles. The highest BCUT2D eigenvalue weighted by molar-refractivity contribution is 6.30. The predicted molar refractivity (Wildman–Crippen MR) is 86.8 cm³/mol. The van der Waals surface area contributed by atoms with Gasteiger partial charge in [0.2, 0.25) is 0 Å². The Morgan fingerprint density at radius 2 is 1.76 bits per heavy atom. The lowest BCUT2D eigenvalue weighted by Gasteiger charge is -2.09. The third kappa shape index (κ3) is 7.13. The molecule has 0 aliphatic heterocycles. The van der Waals surface area contributed by atoms with Crippen LogP contribution >= 0.6 is 11.6 Å². The molecule has 0 aliphatic rings. The highest BCUT2D eigenvalue weighted by Crippen LogP contribution is 2.23. The first-order valence-corrected chi connectivity index (χ1v) is 7.26. The standard InChI is InChI=1S/C16H12ClF3N2O3/c17-12-3-1-11(2-4-12)9-21-24-10-15(23)22-13-5-7-14(8-6-13)25-16(18,19)20/h1-9H,10H2,(H,22,23)/b21-9+. The van der Waals surface area contributed by atoms with E-state index in [0.717, 1.165) is 17.7 Å². The molecule has 0 saturated heterocycles. The Morgan fingerprint density at radius 3 is 2.36 bits per heavy atom. The molecule has 2 aromatic rings. The number of anilines is 1. The van der Waals surface area contributed by atoms with Crippen molar-refractivity contribution in [3.63, 3.8) is 0 Å². The smallest absolute Gasteiger partial charge is 0.406 e. The number of hydrogen-bond donors (Lipinski definition) is 1. The van der Waals surface area contributed by atoms with Gasteiger partial charge in [-0.2, -0.15) is 0 Å². The Morgan fingerprint density at radius 1 is 1.12 bits per heavy atom. The summed E-state index contributed by atoms with van der Waals surface area (Å²) in [5, 5.41) is 6.67. The molecule has 0 heterocycles. The van der Waals surface area contributed by atoms with Crippen molar-refractivity contribution in [3.8, 4) is 5.75 Å². The molecule has 0 aromatic heterocycles. The minimum Gasteiger partial charge on any atom is -0.406 e. The van der Waals surface area contributed by atoms with Crippen molar-refractivity contribution < 1.29 is 27.5 Å². The van der Waals surface area contributed by atoms with Crippen molar-refractivity contribution >= 4 is 29.4 Å². The molecule has 9 heteroatoms. The van der Waals surface area contributed by atoms with E-state index in [2.05, 4.69) is 15.2 Å². The zero-order chi connectivity index (χ0) is 18.3. The zero-order valence-electron chi connectivity index (χ0n) is 12.6. The van der Waals surface area contributed by atoms with Crippen LogP contribution in [0.15, 0.2) is 53.7 Å². The van der Waals surface area contributed by atoms with Gasteiger partial charge in [-0.25, -0.2) is 0 Å². The largest absolute Gasteiger partial charge is 0.573 e. The summed E-state index contributed by atoms with van der Waals surface area (Å²) >= 11 is 5.74. The molecule has 2 aromatic carbocycles. The normalized spacial score (nSPS) is 11.4. The quantitative estimate of drug-likeness (QED) is 0.610. The molecule has 1 amide bonds. The van der Waals surface area contributed by atoms with Crippen LogP contribution in [-0.4, -0.2) is 25.1 Å². The Bertz CT molecular complexity index is 732. The highest BCUT2D eigenvalue weighted by atomic mass is 35.5. The summed E-state index contributed by atoms with van der Waals surface area (Å²) in [7, 11) is 0. The number of nitrogens with zero attached hydrogens (tertiary/aromatic N) is 1. The number of benzene rings is 2. The van der Waals surface area contributed by atoms with E-state index >= 15 is 0 Å². The second kappa shape index (κ2) is 8.39. The number of hydrogen-bond acceptors (Lipinski definition) is 4. The van der Waals surface area contributed by atoms with Gasteiger partial charge in [-0.05, 0) is 42.0 Å². The summed E-state index contributed by atoms with van der Waals surface area (Å²) in [6.07, 6.45) is -3.35. The third-order valence-corrected chi connectivity index (χ3v) is 2.97. The second-order valence-electron chi connectivity index (χ2n) is 4.68. The van der Waals surface area contributed by atoms with E-state index in [1.807, 2.05) is 0 Å². The Kier molecular flexibility index (Phi) is 6.24. The maximum atomic E-state index is 12.0. The number of carbonyl (C=O) groups excluding carboxylic acids is 1. The summed E-state index contributed by atoms with van der Waals surface area (Å²) in [6.45, 7) is -0.356. The van der Waals surface area contributed by atoms with Crippen LogP contribution in [0.1, 0.15) is 5.56 Å². The average Bonchev–Trinajstić information content (AvgIpc) is 2.54. The third-order valence-electron chi connectivity index (χ3n) is 2.71. The van der Waals surface area contributed by atoms with Gasteiger partial charge in [-0.1, -0.05) is 28.9 Å². The van der Waals surface area contributed by atoms with E-state index in [4.69, 9.17) is 16.4 Å². The molecule has 0 unspecified atom stereocenters. The van der Waals surface area contributed by atoms with Gasteiger partial charge in [0.05, 0.1) is 6.21 Å². The molecule has 0 fully saturated rings. The summed E-state index contributed by atoms with van der Waals surface area (Å²) in [6, 6.07) is 11.5. The number of rotatable bonds is 6. The molecule has 0 atom stereocenters. The molecule has 25 heavy (non-hydrogen) atoms. The van der Waals surface area contributed by atoms with Crippen LogP contribution in [-0.2, 0) is 9.63 Å². The number of amides is 1. The topological polar surface area (TPSA) is 59.9 Å². The molecular weight excluding hydrogens is 361 g/mol. The monoisotopic (exact) mass is 372 g/mol. The van der Waals surface area contributed by atoms with Crippen LogP contribution in [0.4, 0.5) is 18.9 Å². The number of oxime groups is 1. The minimum absolute atomic E-state index is 0.296. The van der Waals surface area contributed by atoms with Gasteiger partial charge < -0.3 is 14.9 Å². The van der Waals surface area contributed by atoms with Gasteiger partial charge in [-0.3, -0.25) is 4.79 Å². The van der Waals surface area contributed by atoms with Crippen LogP contribution in [0.3, 0.4) is 0 Å². The van der Waals surface area contributed by atoms with E-state index in [0.29, 0.717) is 10.7 Å². The predicted octanol–water partition coefficient (Wildman–Crippen LogP) is 4.23.